The molecule has 76 valence electrons. The second kappa shape index (κ2) is 3.24. The zero-order chi connectivity index (χ0) is 11.0. The average molecular weight is 202 g/mol. The van der Waals surface area contributed by atoms with Crippen molar-refractivity contribution in [2.24, 2.45) is 0 Å². The number of nitrogens with two attached hydrogens (primary N) is 1. The molecule has 1 aliphatic rings. The predicted octanol–water partition coefficient (Wildman–Crippen LogP) is 0.881. The monoisotopic (exact) mass is 202 g/mol. The van der Waals surface area contributed by atoms with Crippen molar-refractivity contribution in [2.75, 3.05) is 5.73 Å². The maximum atomic E-state index is 11.5. The van der Waals surface area contributed by atoms with Gasteiger partial charge in [-0.05, 0) is 24.1 Å². The molecule has 1 heterocycles. The van der Waals surface area contributed by atoms with Crippen molar-refractivity contribution < 1.29 is 9.59 Å². The molecule has 0 saturated carbocycles. The van der Waals surface area contributed by atoms with E-state index in [9.17, 15) is 9.59 Å². The minimum atomic E-state index is -0.376. The van der Waals surface area contributed by atoms with Gasteiger partial charge in [-0.15, -0.1) is 6.58 Å². The summed E-state index contributed by atoms with van der Waals surface area (Å²) in [5, 5.41) is 2.24. The highest BCUT2D eigenvalue weighted by Crippen LogP contribution is 2.25. The number of allylic oxidation sites excluding steroid dienone is 1. The van der Waals surface area contributed by atoms with E-state index in [-0.39, 0.29) is 11.8 Å². The Bertz CT molecular complexity index is 478. The largest absolute Gasteiger partial charge is 0.398 e. The first-order valence-electron chi connectivity index (χ1n) is 4.53. The topological polar surface area (TPSA) is 72.2 Å². The number of carbonyl (C=O) groups is 2. The van der Waals surface area contributed by atoms with Gasteiger partial charge in [-0.3, -0.25) is 14.9 Å². The molecule has 4 heteroatoms. The number of rotatable bonds is 2. The summed E-state index contributed by atoms with van der Waals surface area (Å²) in [6.07, 6.45) is 2.14. The van der Waals surface area contributed by atoms with E-state index in [4.69, 9.17) is 5.73 Å². The molecule has 0 fully saturated rings. The maximum Gasteiger partial charge on any atom is 0.259 e. The van der Waals surface area contributed by atoms with E-state index >= 15 is 0 Å². The van der Waals surface area contributed by atoms with Crippen LogP contribution in [0.15, 0.2) is 24.8 Å². The average Bonchev–Trinajstić information content (AvgIpc) is 2.47. The smallest absolute Gasteiger partial charge is 0.259 e. The summed E-state index contributed by atoms with van der Waals surface area (Å²) in [5.74, 6) is -0.737. The first-order valence-corrected chi connectivity index (χ1v) is 4.53. The van der Waals surface area contributed by atoms with Crippen molar-refractivity contribution in [1.29, 1.82) is 0 Å². The van der Waals surface area contributed by atoms with E-state index in [1.165, 1.54) is 0 Å². The zero-order valence-corrected chi connectivity index (χ0v) is 8.04. The molecular weight excluding hydrogens is 192 g/mol. The fourth-order valence-electron chi connectivity index (χ4n) is 1.71. The Morgan fingerprint density at radius 2 is 2.07 bits per heavy atom. The Hall–Kier alpha value is -2.10. The normalized spacial score (nSPS) is 13.6. The van der Waals surface area contributed by atoms with Crippen LogP contribution in [0.3, 0.4) is 0 Å². The van der Waals surface area contributed by atoms with Crippen LogP contribution in [0.25, 0.3) is 0 Å². The van der Waals surface area contributed by atoms with Crippen LogP contribution >= 0.6 is 0 Å². The predicted molar refractivity (Wildman–Crippen MR) is 56.6 cm³/mol. The van der Waals surface area contributed by atoms with Gasteiger partial charge in [0.15, 0.2) is 0 Å². The van der Waals surface area contributed by atoms with Gasteiger partial charge in [0.1, 0.15) is 0 Å². The van der Waals surface area contributed by atoms with Crippen molar-refractivity contribution in [3.63, 3.8) is 0 Å². The Morgan fingerprint density at radius 1 is 1.33 bits per heavy atom. The van der Waals surface area contributed by atoms with Crippen LogP contribution in [0.2, 0.25) is 0 Å². The third kappa shape index (κ3) is 1.30. The quantitative estimate of drug-likeness (QED) is 0.425. The molecule has 4 nitrogen and oxygen atoms in total. The summed E-state index contributed by atoms with van der Waals surface area (Å²) in [4.78, 5) is 22.8. The molecule has 15 heavy (non-hydrogen) atoms. The second-order valence-corrected chi connectivity index (χ2v) is 3.33. The van der Waals surface area contributed by atoms with E-state index in [1.54, 1.807) is 18.2 Å². The van der Waals surface area contributed by atoms with E-state index in [0.29, 0.717) is 28.8 Å². The third-order valence-electron chi connectivity index (χ3n) is 2.40. The van der Waals surface area contributed by atoms with Crippen LogP contribution in [0.4, 0.5) is 5.69 Å². The van der Waals surface area contributed by atoms with Crippen molar-refractivity contribution in [3.05, 3.63) is 41.5 Å². The highest BCUT2D eigenvalue weighted by atomic mass is 16.2. The minimum absolute atomic E-state index is 0.361. The van der Waals surface area contributed by atoms with Gasteiger partial charge in [0.25, 0.3) is 11.8 Å². The Morgan fingerprint density at radius 3 is 2.73 bits per heavy atom. The van der Waals surface area contributed by atoms with Gasteiger partial charge in [-0.2, -0.15) is 0 Å². The molecule has 1 aromatic carbocycles. The Balaban J connectivity index is 2.69. The highest BCUT2D eigenvalue weighted by molar-refractivity contribution is 6.22. The summed E-state index contributed by atoms with van der Waals surface area (Å²) >= 11 is 0. The van der Waals surface area contributed by atoms with Crippen LogP contribution < -0.4 is 11.1 Å². The summed E-state index contributed by atoms with van der Waals surface area (Å²) in [5.41, 5.74) is 7.72. The molecule has 1 aromatic rings. The third-order valence-corrected chi connectivity index (χ3v) is 2.40. The minimum Gasteiger partial charge on any atom is -0.398 e. The fourth-order valence-corrected chi connectivity index (χ4v) is 1.71. The molecule has 0 aliphatic carbocycles. The lowest BCUT2D eigenvalue weighted by Gasteiger charge is -2.06. The highest BCUT2D eigenvalue weighted by Gasteiger charge is 2.29. The molecule has 3 N–H and O–H groups in total. The number of imide groups is 1. The molecule has 0 bridgehead atoms. The number of nitrogen functional groups attached to an aromatic ring is 1. The number of anilines is 1. The van der Waals surface area contributed by atoms with Gasteiger partial charge in [0.2, 0.25) is 0 Å². The molecule has 2 rings (SSSR count). The van der Waals surface area contributed by atoms with Crippen LogP contribution in [-0.2, 0) is 6.42 Å². The summed E-state index contributed by atoms with van der Waals surface area (Å²) in [6.45, 7) is 3.59. The van der Waals surface area contributed by atoms with Gasteiger partial charge in [-0.1, -0.05) is 6.08 Å². The Labute approximate surface area is 86.8 Å². The van der Waals surface area contributed by atoms with Gasteiger partial charge in [0.05, 0.1) is 11.1 Å². The second-order valence-electron chi connectivity index (χ2n) is 3.33. The van der Waals surface area contributed by atoms with Crippen molar-refractivity contribution >= 4 is 17.5 Å². The number of hydrogen-bond donors (Lipinski definition) is 2. The van der Waals surface area contributed by atoms with Crippen molar-refractivity contribution in [3.8, 4) is 0 Å². The van der Waals surface area contributed by atoms with E-state index < -0.39 is 0 Å². The molecular formula is C11H10N2O2. The summed E-state index contributed by atoms with van der Waals surface area (Å²) in [6, 6.07) is 3.20. The molecule has 0 unspecified atom stereocenters. The molecule has 1 aliphatic heterocycles. The first kappa shape index (κ1) is 9.45. The number of fused-ring (bicyclic) bond motifs is 1. The molecule has 0 saturated heterocycles. The lowest BCUT2D eigenvalue weighted by atomic mass is 9.98. The van der Waals surface area contributed by atoms with Crippen LogP contribution in [0.5, 0.6) is 0 Å². The molecule has 0 radical (unpaired) electrons. The molecule has 0 spiro atoms. The van der Waals surface area contributed by atoms with Crippen molar-refractivity contribution in [1.82, 2.24) is 5.32 Å². The van der Waals surface area contributed by atoms with E-state index in [2.05, 4.69) is 11.9 Å². The van der Waals surface area contributed by atoms with E-state index in [0.717, 1.165) is 0 Å². The summed E-state index contributed by atoms with van der Waals surface area (Å²) in [7, 11) is 0. The van der Waals surface area contributed by atoms with Gasteiger partial charge < -0.3 is 5.73 Å². The number of benzene rings is 1. The molecule has 0 atom stereocenters. The number of hydrogen-bond acceptors (Lipinski definition) is 3. The lowest BCUT2D eigenvalue weighted by Crippen LogP contribution is -2.20. The number of amides is 2. The zero-order valence-electron chi connectivity index (χ0n) is 8.04. The fraction of sp³-hybridized carbons (Fsp3) is 0.0909. The van der Waals surface area contributed by atoms with Gasteiger partial charge in [0, 0.05) is 5.69 Å². The van der Waals surface area contributed by atoms with Gasteiger partial charge >= 0.3 is 0 Å². The SMILES string of the molecule is C=CCc1c(N)ccc2c1C(=O)NC2=O. The Kier molecular flexibility index (Phi) is 2.04. The molecule has 0 aromatic heterocycles. The number of nitrogens with one attached hydrogen (secondary N) is 1. The van der Waals surface area contributed by atoms with Gasteiger partial charge in [-0.25, -0.2) is 0 Å². The maximum absolute atomic E-state index is 11.5. The van der Waals surface area contributed by atoms with Crippen LogP contribution in [-0.4, -0.2) is 11.8 Å². The standard InChI is InChI=1S/C11H10N2O2/c1-2-3-6-8(12)5-4-7-9(6)11(15)13-10(7)14/h2,4-5H,1,3,12H2,(H,13,14,15). The lowest BCUT2D eigenvalue weighted by molar-refractivity contribution is 0.0879. The van der Waals surface area contributed by atoms with Crippen LogP contribution in [0, 0.1) is 0 Å². The van der Waals surface area contributed by atoms with Crippen LogP contribution in [0.1, 0.15) is 26.3 Å². The molecule has 2 amide bonds. The van der Waals surface area contributed by atoms with E-state index in [1.807, 2.05) is 0 Å². The van der Waals surface area contributed by atoms with Crippen molar-refractivity contribution in [2.45, 2.75) is 6.42 Å². The number of carbonyl (C=O) groups excluding carboxylic acids is 2. The first-order chi connectivity index (χ1) is 7.15. The summed E-state index contributed by atoms with van der Waals surface area (Å²) < 4.78 is 0.